The van der Waals surface area contributed by atoms with E-state index in [0.717, 1.165) is 21.3 Å². The van der Waals surface area contributed by atoms with Gasteiger partial charge in [-0.05, 0) is 24.6 Å². The number of fused-ring (bicyclic) bond motifs is 3. The molecule has 4 aromatic rings. The third-order valence-corrected chi connectivity index (χ3v) is 5.23. The second-order valence-corrected chi connectivity index (χ2v) is 6.87. The van der Waals surface area contributed by atoms with Gasteiger partial charge in [-0.1, -0.05) is 36.4 Å². The highest BCUT2D eigenvalue weighted by atomic mass is 32.1. The van der Waals surface area contributed by atoms with Gasteiger partial charge in [0, 0.05) is 15.8 Å². The Morgan fingerprint density at radius 3 is 2.76 bits per heavy atom. The first-order valence-electron chi connectivity index (χ1n) is 7.85. The van der Waals surface area contributed by atoms with Crippen molar-refractivity contribution in [2.45, 2.75) is 13.5 Å². The molecule has 2 aromatic heterocycles. The van der Waals surface area contributed by atoms with Gasteiger partial charge in [0.2, 0.25) is 5.91 Å². The molecule has 6 heteroatoms. The number of anilines is 1. The second kappa shape index (κ2) is 6.14. The number of hydrogen-bond acceptors (Lipinski definition) is 4. The zero-order valence-electron chi connectivity index (χ0n) is 13.5. The second-order valence-electron chi connectivity index (χ2n) is 5.82. The minimum absolute atomic E-state index is 0.0651. The molecule has 0 atom stereocenters. The van der Waals surface area contributed by atoms with Crippen LogP contribution in [0.5, 0.6) is 0 Å². The van der Waals surface area contributed by atoms with Crippen LogP contribution in [0, 0.1) is 6.92 Å². The van der Waals surface area contributed by atoms with Crippen LogP contribution in [0.3, 0.4) is 0 Å². The van der Waals surface area contributed by atoms with Gasteiger partial charge in [-0.15, -0.1) is 11.3 Å². The summed E-state index contributed by atoms with van der Waals surface area (Å²) in [4.78, 5) is 29.4. The van der Waals surface area contributed by atoms with Gasteiger partial charge in [0.05, 0.1) is 11.8 Å². The highest BCUT2D eigenvalue weighted by Crippen LogP contribution is 2.29. The Kier molecular flexibility index (Phi) is 3.82. The molecule has 0 radical (unpaired) electrons. The normalized spacial score (nSPS) is 11.1. The van der Waals surface area contributed by atoms with E-state index in [1.165, 1.54) is 22.2 Å². The lowest BCUT2D eigenvalue weighted by atomic mass is 10.2. The average Bonchev–Trinajstić information content (AvgIpc) is 2.99. The lowest BCUT2D eigenvalue weighted by Crippen LogP contribution is -2.27. The zero-order valence-corrected chi connectivity index (χ0v) is 14.3. The first kappa shape index (κ1) is 15.5. The van der Waals surface area contributed by atoms with E-state index >= 15 is 0 Å². The summed E-state index contributed by atoms with van der Waals surface area (Å²) in [6, 6.07) is 15.3. The van der Waals surface area contributed by atoms with E-state index in [2.05, 4.69) is 10.3 Å². The molecule has 1 amide bonds. The fourth-order valence-electron chi connectivity index (χ4n) is 2.79. The van der Waals surface area contributed by atoms with Gasteiger partial charge in [-0.25, -0.2) is 4.98 Å². The first-order chi connectivity index (χ1) is 12.1. The summed E-state index contributed by atoms with van der Waals surface area (Å²) in [5, 5.41) is 3.81. The van der Waals surface area contributed by atoms with Crippen molar-refractivity contribution in [2.75, 3.05) is 5.32 Å². The zero-order chi connectivity index (χ0) is 17.4. The Labute approximate surface area is 147 Å². The summed E-state index contributed by atoms with van der Waals surface area (Å²) in [6.45, 7) is 1.86. The number of nitrogens with zero attached hydrogens (tertiary/aromatic N) is 2. The van der Waals surface area contributed by atoms with E-state index in [0.29, 0.717) is 10.2 Å². The van der Waals surface area contributed by atoms with Crippen molar-refractivity contribution in [1.82, 2.24) is 9.55 Å². The minimum Gasteiger partial charge on any atom is -0.324 e. The number of nitrogens with one attached hydrogen (secondary N) is 1. The summed E-state index contributed by atoms with van der Waals surface area (Å²) in [5.74, 6) is -0.251. The molecule has 0 fully saturated rings. The van der Waals surface area contributed by atoms with Crippen molar-refractivity contribution in [3.8, 4) is 0 Å². The molecule has 25 heavy (non-hydrogen) atoms. The predicted octanol–water partition coefficient (Wildman–Crippen LogP) is 3.56. The van der Waals surface area contributed by atoms with Crippen molar-refractivity contribution in [2.24, 2.45) is 0 Å². The van der Waals surface area contributed by atoms with Crippen LogP contribution >= 0.6 is 11.3 Å². The number of rotatable bonds is 3. The molecule has 0 saturated heterocycles. The van der Waals surface area contributed by atoms with Gasteiger partial charge in [-0.2, -0.15) is 0 Å². The monoisotopic (exact) mass is 349 g/mol. The number of amides is 1. The number of carbonyl (C=O) groups is 1. The van der Waals surface area contributed by atoms with E-state index < -0.39 is 0 Å². The quantitative estimate of drug-likeness (QED) is 0.615. The maximum absolute atomic E-state index is 12.7. The number of hydrogen-bond donors (Lipinski definition) is 1. The van der Waals surface area contributed by atoms with Crippen LogP contribution in [-0.4, -0.2) is 15.5 Å². The molecular formula is C19H15N3O2S. The topological polar surface area (TPSA) is 64.0 Å². The van der Waals surface area contributed by atoms with Gasteiger partial charge < -0.3 is 5.32 Å². The Hall–Kier alpha value is -2.99. The Balaban J connectivity index is 1.67. The molecule has 5 nitrogen and oxygen atoms in total. The molecule has 0 aliphatic heterocycles. The van der Waals surface area contributed by atoms with Crippen LogP contribution in [0.2, 0.25) is 0 Å². The van der Waals surface area contributed by atoms with Crippen molar-refractivity contribution in [3.05, 3.63) is 70.8 Å². The Morgan fingerprint density at radius 1 is 1.16 bits per heavy atom. The lowest BCUT2D eigenvalue weighted by Gasteiger charge is -2.09. The number of thiophene rings is 1. The SMILES string of the molecule is Cc1ccccc1NC(=O)Cn1cnc2c(sc3ccccc32)c1=O. The molecule has 2 heterocycles. The number of carbonyl (C=O) groups excluding carboxylic acids is 1. The van der Waals surface area contributed by atoms with E-state index in [-0.39, 0.29) is 18.0 Å². The van der Waals surface area contributed by atoms with Crippen molar-refractivity contribution in [3.63, 3.8) is 0 Å². The van der Waals surface area contributed by atoms with Crippen LogP contribution in [0.1, 0.15) is 5.56 Å². The Bertz CT molecular complexity index is 1160. The molecule has 0 aliphatic carbocycles. The van der Waals surface area contributed by atoms with Crippen molar-refractivity contribution < 1.29 is 4.79 Å². The molecule has 1 N–H and O–H groups in total. The number of benzene rings is 2. The van der Waals surface area contributed by atoms with E-state index in [4.69, 9.17) is 0 Å². The fraction of sp³-hybridized carbons (Fsp3) is 0.105. The number of para-hydroxylation sites is 1. The first-order valence-corrected chi connectivity index (χ1v) is 8.67. The minimum atomic E-state index is -0.251. The smallest absolute Gasteiger partial charge is 0.271 e. The van der Waals surface area contributed by atoms with E-state index in [1.807, 2.05) is 55.5 Å². The molecule has 124 valence electrons. The van der Waals surface area contributed by atoms with Crippen LogP contribution < -0.4 is 10.9 Å². The van der Waals surface area contributed by atoms with Crippen LogP contribution in [0.25, 0.3) is 20.3 Å². The largest absolute Gasteiger partial charge is 0.324 e. The fourth-order valence-corrected chi connectivity index (χ4v) is 3.89. The van der Waals surface area contributed by atoms with Gasteiger partial charge >= 0.3 is 0 Å². The Morgan fingerprint density at radius 2 is 1.92 bits per heavy atom. The molecule has 4 rings (SSSR count). The molecule has 2 aromatic carbocycles. The average molecular weight is 349 g/mol. The van der Waals surface area contributed by atoms with Crippen LogP contribution in [0.4, 0.5) is 5.69 Å². The molecule has 0 aliphatic rings. The third kappa shape index (κ3) is 2.81. The summed E-state index contributed by atoms with van der Waals surface area (Å²) >= 11 is 1.41. The maximum Gasteiger partial charge on any atom is 0.271 e. The predicted molar refractivity (Wildman–Crippen MR) is 101 cm³/mol. The standard InChI is InChI=1S/C19H15N3O2S/c1-12-6-2-4-8-14(12)21-16(23)10-22-11-20-17-13-7-3-5-9-15(13)25-18(17)19(22)24/h2-9,11H,10H2,1H3,(H,21,23). The highest BCUT2D eigenvalue weighted by Gasteiger charge is 2.13. The van der Waals surface area contributed by atoms with Crippen molar-refractivity contribution >= 4 is 43.2 Å². The molecule has 0 unspecified atom stereocenters. The molecule has 0 saturated carbocycles. The molecular weight excluding hydrogens is 334 g/mol. The number of aromatic nitrogens is 2. The number of aryl methyl sites for hydroxylation is 1. The third-order valence-electron chi connectivity index (χ3n) is 4.08. The highest BCUT2D eigenvalue weighted by molar-refractivity contribution is 7.25. The van der Waals surface area contributed by atoms with Crippen molar-refractivity contribution in [1.29, 1.82) is 0 Å². The van der Waals surface area contributed by atoms with Crippen LogP contribution in [-0.2, 0) is 11.3 Å². The van der Waals surface area contributed by atoms with Gasteiger partial charge in [0.15, 0.2) is 0 Å². The van der Waals surface area contributed by atoms with Crippen LogP contribution in [0.15, 0.2) is 59.7 Å². The lowest BCUT2D eigenvalue weighted by molar-refractivity contribution is -0.116. The summed E-state index contributed by atoms with van der Waals surface area (Å²) in [6.07, 6.45) is 1.45. The molecule has 0 spiro atoms. The molecule has 0 bridgehead atoms. The van der Waals surface area contributed by atoms with E-state index in [1.54, 1.807) is 0 Å². The summed E-state index contributed by atoms with van der Waals surface area (Å²) in [7, 11) is 0. The summed E-state index contributed by atoms with van der Waals surface area (Å²) < 4.78 is 2.95. The maximum atomic E-state index is 12.7. The van der Waals surface area contributed by atoms with Gasteiger partial charge in [0.25, 0.3) is 5.56 Å². The van der Waals surface area contributed by atoms with E-state index in [9.17, 15) is 9.59 Å². The van der Waals surface area contributed by atoms with Gasteiger partial charge in [-0.3, -0.25) is 14.2 Å². The van der Waals surface area contributed by atoms with Gasteiger partial charge in [0.1, 0.15) is 11.2 Å². The summed E-state index contributed by atoms with van der Waals surface area (Å²) in [5.41, 5.74) is 2.23.